The van der Waals surface area contributed by atoms with Gasteiger partial charge in [-0.2, -0.15) is 0 Å². The second-order valence-corrected chi connectivity index (χ2v) is 6.73. The maximum absolute atomic E-state index is 11.7. The summed E-state index contributed by atoms with van der Waals surface area (Å²) in [5.41, 5.74) is 0.131. The van der Waals surface area contributed by atoms with E-state index in [0.717, 1.165) is 6.26 Å². The average Bonchev–Trinajstić information content (AvgIpc) is 2.29. The minimum atomic E-state index is -3.51. The molecule has 0 spiro atoms. The van der Waals surface area contributed by atoms with Gasteiger partial charge in [0, 0.05) is 6.26 Å². The lowest BCUT2D eigenvalue weighted by Crippen LogP contribution is -2.31. The van der Waals surface area contributed by atoms with Crippen molar-refractivity contribution in [1.29, 1.82) is 0 Å². The number of amides is 1. The highest BCUT2D eigenvalue weighted by Gasteiger charge is 2.24. The van der Waals surface area contributed by atoms with Crippen LogP contribution in [0.5, 0.6) is 0 Å². The van der Waals surface area contributed by atoms with Gasteiger partial charge in [0.05, 0.1) is 16.3 Å². The predicted octanol–water partition coefficient (Wildman–Crippen LogP) is 1.41. The van der Waals surface area contributed by atoms with Gasteiger partial charge in [-0.25, -0.2) is 13.2 Å². The van der Waals surface area contributed by atoms with Gasteiger partial charge < -0.3 is 10.4 Å². The molecule has 1 aromatic rings. The first kappa shape index (κ1) is 15.5. The predicted molar refractivity (Wildman–Crippen MR) is 71.3 cm³/mol. The maximum atomic E-state index is 11.7. The van der Waals surface area contributed by atoms with Crippen molar-refractivity contribution in [3.05, 3.63) is 28.8 Å². The van der Waals surface area contributed by atoms with E-state index in [1.54, 1.807) is 0 Å². The van der Waals surface area contributed by atoms with Crippen LogP contribution in [0.1, 0.15) is 17.3 Å². The first-order chi connectivity index (χ1) is 8.62. The Morgan fingerprint density at radius 3 is 2.37 bits per heavy atom. The topological polar surface area (TPSA) is 101 Å². The second kappa shape index (κ2) is 5.58. The SMILES string of the molecule is CC(C(=O)Nc1ccc(C(=O)O)cc1Cl)S(C)(=O)=O. The first-order valence-corrected chi connectivity index (χ1v) is 7.48. The monoisotopic (exact) mass is 305 g/mol. The van der Waals surface area contributed by atoms with Crippen molar-refractivity contribution >= 4 is 39.0 Å². The van der Waals surface area contributed by atoms with E-state index in [1.807, 2.05) is 0 Å². The first-order valence-electron chi connectivity index (χ1n) is 5.15. The van der Waals surface area contributed by atoms with E-state index in [-0.39, 0.29) is 16.3 Å². The molecule has 19 heavy (non-hydrogen) atoms. The number of carbonyl (C=O) groups is 2. The van der Waals surface area contributed by atoms with E-state index in [4.69, 9.17) is 16.7 Å². The van der Waals surface area contributed by atoms with Crippen LogP contribution in [0.15, 0.2) is 18.2 Å². The number of rotatable bonds is 4. The summed E-state index contributed by atoms with van der Waals surface area (Å²) < 4.78 is 22.4. The normalized spacial score (nSPS) is 12.8. The van der Waals surface area contributed by atoms with E-state index >= 15 is 0 Å². The fourth-order valence-electron chi connectivity index (χ4n) is 1.18. The Balaban J connectivity index is 2.95. The summed E-state index contributed by atoms with van der Waals surface area (Å²) in [6, 6.07) is 3.73. The van der Waals surface area contributed by atoms with E-state index in [2.05, 4.69) is 5.32 Å². The zero-order valence-electron chi connectivity index (χ0n) is 10.2. The maximum Gasteiger partial charge on any atom is 0.335 e. The van der Waals surface area contributed by atoms with E-state index in [9.17, 15) is 18.0 Å². The summed E-state index contributed by atoms with van der Waals surface area (Å²) >= 11 is 5.81. The highest BCUT2D eigenvalue weighted by Crippen LogP contribution is 2.23. The highest BCUT2D eigenvalue weighted by molar-refractivity contribution is 7.92. The quantitative estimate of drug-likeness (QED) is 0.876. The number of hydrogen-bond acceptors (Lipinski definition) is 4. The Hall–Kier alpha value is -1.60. The van der Waals surface area contributed by atoms with Gasteiger partial charge in [0.1, 0.15) is 5.25 Å². The van der Waals surface area contributed by atoms with Crippen LogP contribution in [0, 0.1) is 0 Å². The van der Waals surface area contributed by atoms with Crippen LogP contribution in [0.4, 0.5) is 5.69 Å². The zero-order chi connectivity index (χ0) is 14.8. The molecule has 104 valence electrons. The molecule has 0 saturated carbocycles. The standard InChI is InChI=1S/C11H12ClNO5S/c1-6(19(2,17)18)10(14)13-9-4-3-7(11(15)16)5-8(9)12/h3-6H,1-2H3,(H,13,14)(H,15,16). The fraction of sp³-hybridized carbons (Fsp3) is 0.273. The minimum absolute atomic E-state index is 0.0222. The summed E-state index contributed by atoms with van der Waals surface area (Å²) in [6.07, 6.45) is 0.951. The molecule has 1 amide bonds. The molecular weight excluding hydrogens is 294 g/mol. The van der Waals surface area contributed by atoms with Crippen LogP contribution >= 0.6 is 11.6 Å². The molecule has 0 fully saturated rings. The number of carbonyl (C=O) groups excluding carboxylic acids is 1. The Labute approximate surface area is 115 Å². The lowest BCUT2D eigenvalue weighted by molar-refractivity contribution is -0.115. The van der Waals surface area contributed by atoms with E-state index in [0.29, 0.717) is 0 Å². The number of anilines is 1. The number of carboxylic acids is 1. The van der Waals surface area contributed by atoms with Gasteiger partial charge in [0.15, 0.2) is 9.84 Å². The van der Waals surface area contributed by atoms with Crippen molar-refractivity contribution in [2.45, 2.75) is 12.2 Å². The van der Waals surface area contributed by atoms with Crippen LogP contribution in [0.3, 0.4) is 0 Å². The Morgan fingerprint density at radius 2 is 1.95 bits per heavy atom. The zero-order valence-corrected chi connectivity index (χ0v) is 11.7. The van der Waals surface area contributed by atoms with Crippen molar-refractivity contribution in [2.24, 2.45) is 0 Å². The second-order valence-electron chi connectivity index (χ2n) is 3.96. The van der Waals surface area contributed by atoms with Crippen LogP contribution in [0.2, 0.25) is 5.02 Å². The van der Waals surface area contributed by atoms with Crippen LogP contribution < -0.4 is 5.32 Å². The summed E-state index contributed by atoms with van der Waals surface area (Å²) in [6.45, 7) is 1.25. The van der Waals surface area contributed by atoms with Crippen molar-refractivity contribution in [2.75, 3.05) is 11.6 Å². The number of aromatic carboxylic acids is 1. The van der Waals surface area contributed by atoms with Crippen LogP contribution in [-0.4, -0.2) is 36.9 Å². The molecule has 1 atom stereocenters. The molecule has 1 rings (SSSR count). The van der Waals surface area contributed by atoms with Gasteiger partial charge in [-0.15, -0.1) is 0 Å². The average molecular weight is 306 g/mol. The molecule has 8 heteroatoms. The fourth-order valence-corrected chi connectivity index (χ4v) is 1.85. The van der Waals surface area contributed by atoms with Gasteiger partial charge >= 0.3 is 5.97 Å². The molecule has 0 aliphatic rings. The third-order valence-electron chi connectivity index (χ3n) is 2.49. The molecule has 6 nitrogen and oxygen atoms in total. The van der Waals surface area contributed by atoms with Gasteiger partial charge in [0.2, 0.25) is 5.91 Å². The van der Waals surface area contributed by atoms with Crippen molar-refractivity contribution < 1.29 is 23.1 Å². The lowest BCUT2D eigenvalue weighted by Gasteiger charge is -2.11. The molecule has 1 aromatic carbocycles. The molecule has 1 unspecified atom stereocenters. The van der Waals surface area contributed by atoms with E-state index < -0.39 is 27.0 Å². The number of sulfone groups is 1. The number of benzene rings is 1. The third kappa shape index (κ3) is 3.93. The lowest BCUT2D eigenvalue weighted by atomic mass is 10.2. The Kier molecular flexibility index (Phi) is 4.54. The third-order valence-corrected chi connectivity index (χ3v) is 4.30. The number of carboxylic acid groups (broad SMARTS) is 1. The van der Waals surface area contributed by atoms with Gasteiger partial charge in [-0.3, -0.25) is 4.79 Å². The Bertz CT molecular complexity index is 626. The van der Waals surface area contributed by atoms with Crippen molar-refractivity contribution in [1.82, 2.24) is 0 Å². The molecule has 2 N–H and O–H groups in total. The van der Waals surface area contributed by atoms with Gasteiger partial charge in [-0.1, -0.05) is 11.6 Å². The summed E-state index contributed by atoms with van der Waals surface area (Å²) in [4.78, 5) is 22.4. The summed E-state index contributed by atoms with van der Waals surface area (Å²) in [5.74, 6) is -1.88. The number of hydrogen-bond donors (Lipinski definition) is 2. The smallest absolute Gasteiger partial charge is 0.335 e. The number of halogens is 1. The number of nitrogens with one attached hydrogen (secondary N) is 1. The highest BCUT2D eigenvalue weighted by atomic mass is 35.5. The van der Waals surface area contributed by atoms with Gasteiger partial charge in [0.25, 0.3) is 0 Å². The molecular formula is C11H12ClNO5S. The molecule has 0 aliphatic heterocycles. The molecule has 0 heterocycles. The molecule has 0 bridgehead atoms. The largest absolute Gasteiger partial charge is 0.478 e. The van der Waals surface area contributed by atoms with E-state index in [1.165, 1.54) is 25.1 Å². The molecule has 0 aliphatic carbocycles. The molecule has 0 aromatic heterocycles. The van der Waals surface area contributed by atoms with Crippen LogP contribution in [0.25, 0.3) is 0 Å². The molecule has 0 radical (unpaired) electrons. The van der Waals surface area contributed by atoms with Gasteiger partial charge in [-0.05, 0) is 25.1 Å². The molecule has 0 saturated heterocycles. The summed E-state index contributed by atoms with van der Waals surface area (Å²) in [5, 5.41) is 9.89. The van der Waals surface area contributed by atoms with Crippen molar-refractivity contribution in [3.8, 4) is 0 Å². The van der Waals surface area contributed by atoms with Crippen molar-refractivity contribution in [3.63, 3.8) is 0 Å². The van der Waals surface area contributed by atoms with Crippen LogP contribution in [-0.2, 0) is 14.6 Å². The summed E-state index contributed by atoms with van der Waals surface area (Å²) in [7, 11) is -3.51. The minimum Gasteiger partial charge on any atom is -0.478 e. The Morgan fingerprint density at radius 1 is 1.37 bits per heavy atom.